The van der Waals surface area contributed by atoms with Crippen LogP contribution in [0.5, 0.6) is 5.75 Å². The van der Waals surface area contributed by atoms with Crippen LogP contribution in [0.15, 0.2) is 52.6 Å². The minimum Gasteiger partial charge on any atom is -0.496 e. The molecule has 2 aromatic carbocycles. The van der Waals surface area contributed by atoms with Crippen LogP contribution < -0.4 is 20.8 Å². The Bertz CT molecular complexity index is 996. The molecule has 2 aromatic rings. The van der Waals surface area contributed by atoms with E-state index in [4.69, 9.17) is 16.3 Å². The number of ether oxygens (including phenoxy) is 1. The molecule has 0 bridgehead atoms. The van der Waals surface area contributed by atoms with Gasteiger partial charge in [0.1, 0.15) is 17.6 Å². The third-order valence-corrected chi connectivity index (χ3v) is 4.21. The number of amides is 2. The van der Waals surface area contributed by atoms with Gasteiger partial charge in [-0.05, 0) is 30.3 Å². The molecule has 10 heteroatoms. The summed E-state index contributed by atoms with van der Waals surface area (Å²) >= 11 is 5.68. The van der Waals surface area contributed by atoms with E-state index in [0.29, 0.717) is 11.4 Å². The summed E-state index contributed by atoms with van der Waals surface area (Å²) in [6.45, 7) is 0. The SMILES string of the molecule is COc1ccccc1/C=N/NC1=NC(CC(=O)Nc2ccc(F)c(Cl)c2)C(=O)N1. The lowest BCUT2D eigenvalue weighted by Crippen LogP contribution is -2.35. The van der Waals surface area contributed by atoms with Crippen LogP contribution in [-0.2, 0) is 9.59 Å². The van der Waals surface area contributed by atoms with Crippen molar-refractivity contribution in [2.24, 2.45) is 10.1 Å². The number of para-hydroxylation sites is 1. The van der Waals surface area contributed by atoms with Gasteiger partial charge in [-0.25, -0.2) is 14.8 Å². The van der Waals surface area contributed by atoms with Crippen molar-refractivity contribution in [3.63, 3.8) is 0 Å². The molecule has 0 fully saturated rings. The van der Waals surface area contributed by atoms with Gasteiger partial charge in [0.15, 0.2) is 0 Å². The summed E-state index contributed by atoms with van der Waals surface area (Å²) in [4.78, 5) is 28.3. The average Bonchev–Trinajstić information content (AvgIpc) is 3.04. The summed E-state index contributed by atoms with van der Waals surface area (Å²) in [7, 11) is 1.55. The van der Waals surface area contributed by atoms with Crippen LogP contribution in [-0.4, -0.2) is 37.1 Å². The number of benzene rings is 2. The fourth-order valence-electron chi connectivity index (χ4n) is 2.54. The number of halogens is 2. The van der Waals surface area contributed by atoms with E-state index >= 15 is 0 Å². The topological polar surface area (TPSA) is 104 Å². The molecule has 8 nitrogen and oxygen atoms in total. The molecule has 1 heterocycles. The molecule has 0 radical (unpaired) electrons. The number of rotatable bonds is 6. The number of hydrogen-bond acceptors (Lipinski definition) is 6. The quantitative estimate of drug-likeness (QED) is 0.495. The van der Waals surface area contributed by atoms with Crippen molar-refractivity contribution >= 4 is 41.3 Å². The molecular formula is C19H17ClFN5O3. The largest absolute Gasteiger partial charge is 0.496 e. The predicted molar refractivity (Wildman–Crippen MR) is 108 cm³/mol. The number of guanidine groups is 1. The van der Waals surface area contributed by atoms with Crippen LogP contribution >= 0.6 is 11.6 Å². The van der Waals surface area contributed by atoms with E-state index in [1.807, 2.05) is 18.2 Å². The third kappa shape index (κ3) is 5.29. The lowest BCUT2D eigenvalue weighted by molar-refractivity contribution is -0.123. The van der Waals surface area contributed by atoms with E-state index in [9.17, 15) is 14.0 Å². The van der Waals surface area contributed by atoms with Gasteiger partial charge in [0.25, 0.3) is 5.91 Å². The number of nitrogens with zero attached hydrogens (tertiary/aromatic N) is 2. The molecule has 2 amide bonds. The minimum absolute atomic E-state index is 0.112. The highest BCUT2D eigenvalue weighted by atomic mass is 35.5. The van der Waals surface area contributed by atoms with Gasteiger partial charge in [-0.1, -0.05) is 23.7 Å². The second-order valence-electron chi connectivity index (χ2n) is 5.98. The number of nitrogens with one attached hydrogen (secondary N) is 3. The lowest BCUT2D eigenvalue weighted by Gasteiger charge is -2.07. The Morgan fingerprint density at radius 2 is 2.17 bits per heavy atom. The molecule has 0 aliphatic carbocycles. The fourth-order valence-corrected chi connectivity index (χ4v) is 2.72. The highest BCUT2D eigenvalue weighted by Crippen LogP contribution is 2.20. The van der Waals surface area contributed by atoms with Gasteiger partial charge in [-0.3, -0.25) is 14.9 Å². The van der Waals surface area contributed by atoms with Crippen LogP contribution in [0.4, 0.5) is 10.1 Å². The Labute approximate surface area is 170 Å². The highest BCUT2D eigenvalue weighted by molar-refractivity contribution is 6.31. The number of methoxy groups -OCH3 is 1. The Morgan fingerprint density at radius 1 is 1.38 bits per heavy atom. The maximum absolute atomic E-state index is 13.2. The van der Waals surface area contributed by atoms with Crippen molar-refractivity contribution in [3.8, 4) is 5.75 Å². The number of hydrogen-bond donors (Lipinski definition) is 3. The van der Waals surface area contributed by atoms with Crippen molar-refractivity contribution in [2.75, 3.05) is 12.4 Å². The highest BCUT2D eigenvalue weighted by Gasteiger charge is 2.28. The molecule has 29 heavy (non-hydrogen) atoms. The van der Waals surface area contributed by atoms with Crippen LogP contribution in [0.2, 0.25) is 5.02 Å². The average molecular weight is 418 g/mol. The fraction of sp³-hybridized carbons (Fsp3) is 0.158. The van der Waals surface area contributed by atoms with Crippen molar-refractivity contribution < 1.29 is 18.7 Å². The molecule has 1 unspecified atom stereocenters. The molecule has 3 N–H and O–H groups in total. The van der Waals surface area contributed by atoms with Crippen LogP contribution in [0.25, 0.3) is 0 Å². The molecule has 1 aliphatic rings. The van der Waals surface area contributed by atoms with Gasteiger partial charge >= 0.3 is 0 Å². The zero-order valence-electron chi connectivity index (χ0n) is 15.3. The molecule has 3 rings (SSSR count). The first kappa shape index (κ1) is 20.3. The third-order valence-electron chi connectivity index (χ3n) is 3.92. The van der Waals surface area contributed by atoms with Gasteiger partial charge in [0.05, 0.1) is 24.8 Å². The Hall–Kier alpha value is -3.46. The predicted octanol–water partition coefficient (Wildman–Crippen LogP) is 2.29. The molecular weight excluding hydrogens is 401 g/mol. The second-order valence-corrected chi connectivity index (χ2v) is 6.38. The van der Waals surface area contributed by atoms with Crippen molar-refractivity contribution in [1.29, 1.82) is 0 Å². The molecule has 150 valence electrons. The van der Waals surface area contributed by atoms with Gasteiger partial charge < -0.3 is 10.1 Å². The first-order valence-electron chi connectivity index (χ1n) is 8.52. The van der Waals surface area contributed by atoms with E-state index < -0.39 is 23.7 Å². The van der Waals surface area contributed by atoms with Crippen molar-refractivity contribution in [2.45, 2.75) is 12.5 Å². The van der Waals surface area contributed by atoms with E-state index in [0.717, 1.165) is 11.6 Å². The molecule has 0 spiro atoms. The van der Waals surface area contributed by atoms with Gasteiger partial charge in [-0.15, -0.1) is 0 Å². The summed E-state index contributed by atoms with van der Waals surface area (Å²) in [6.07, 6.45) is 1.33. The summed E-state index contributed by atoms with van der Waals surface area (Å²) in [5.74, 6) is -0.717. The number of aliphatic imine (C=N–C) groups is 1. The van der Waals surface area contributed by atoms with Gasteiger partial charge in [0.2, 0.25) is 11.9 Å². The standard InChI is InChI=1S/C19H17ClFN5O3/c1-29-16-5-3-2-4-11(16)10-22-26-19-24-15(18(28)25-19)9-17(27)23-12-6-7-14(21)13(20)8-12/h2-8,10,15H,9H2,1H3,(H,23,27)(H2,24,25,26,28)/b22-10+. The van der Waals surface area contributed by atoms with Crippen molar-refractivity contribution in [1.82, 2.24) is 10.7 Å². The zero-order valence-corrected chi connectivity index (χ0v) is 16.0. The first-order chi connectivity index (χ1) is 14.0. The molecule has 1 atom stereocenters. The monoisotopic (exact) mass is 417 g/mol. The molecule has 0 saturated heterocycles. The number of carbonyl (C=O) groups is 2. The van der Waals surface area contributed by atoms with E-state index in [2.05, 4.69) is 26.2 Å². The van der Waals surface area contributed by atoms with Crippen LogP contribution in [0.3, 0.4) is 0 Å². The number of carbonyl (C=O) groups excluding carboxylic acids is 2. The maximum atomic E-state index is 13.2. The molecule has 0 saturated carbocycles. The Morgan fingerprint density at radius 3 is 2.93 bits per heavy atom. The summed E-state index contributed by atoms with van der Waals surface area (Å²) < 4.78 is 18.4. The summed E-state index contributed by atoms with van der Waals surface area (Å²) in [5, 5.41) is 8.96. The van der Waals surface area contributed by atoms with Crippen LogP contribution in [0, 0.1) is 5.82 Å². The summed E-state index contributed by atoms with van der Waals surface area (Å²) in [5.41, 5.74) is 3.68. The van der Waals surface area contributed by atoms with Crippen molar-refractivity contribution in [3.05, 3.63) is 58.9 Å². The smallest absolute Gasteiger partial charge is 0.252 e. The number of hydrazone groups is 1. The molecule has 0 aromatic heterocycles. The second kappa shape index (κ2) is 9.16. The van der Waals surface area contributed by atoms with E-state index in [1.54, 1.807) is 13.2 Å². The normalized spacial score (nSPS) is 15.8. The Kier molecular flexibility index (Phi) is 6.40. The lowest BCUT2D eigenvalue weighted by atomic mass is 10.2. The van der Waals surface area contributed by atoms with Gasteiger partial charge in [0, 0.05) is 11.3 Å². The number of anilines is 1. The van der Waals surface area contributed by atoms with E-state index in [-0.39, 0.29) is 17.4 Å². The minimum atomic E-state index is -0.908. The first-order valence-corrected chi connectivity index (χ1v) is 8.89. The maximum Gasteiger partial charge on any atom is 0.252 e. The molecule has 1 aliphatic heterocycles. The Balaban J connectivity index is 1.57. The van der Waals surface area contributed by atoms with Crippen LogP contribution in [0.1, 0.15) is 12.0 Å². The van der Waals surface area contributed by atoms with E-state index in [1.165, 1.54) is 18.3 Å². The van der Waals surface area contributed by atoms with Gasteiger partial charge in [-0.2, -0.15) is 5.10 Å². The zero-order chi connectivity index (χ0) is 20.8. The summed E-state index contributed by atoms with van der Waals surface area (Å²) in [6, 6.07) is 10.2.